The molecule has 2 aliphatic rings. The third-order valence-electron chi connectivity index (χ3n) is 6.18. The van der Waals surface area contributed by atoms with Crippen molar-refractivity contribution < 1.29 is 13.9 Å². The Hall–Kier alpha value is -2.58. The molecule has 0 spiro atoms. The first-order valence-electron chi connectivity index (χ1n) is 10.9. The van der Waals surface area contributed by atoms with Gasteiger partial charge in [-0.15, -0.1) is 0 Å². The number of carbonyl (C=O) groups excluding carboxylic acids is 1. The van der Waals surface area contributed by atoms with Crippen molar-refractivity contribution in [1.29, 1.82) is 0 Å². The molecular formula is C23H30FN5O2. The fourth-order valence-electron chi connectivity index (χ4n) is 4.45. The molecule has 7 nitrogen and oxygen atoms in total. The number of nitrogens with one attached hydrogen (secondary N) is 3. The van der Waals surface area contributed by atoms with Gasteiger partial charge < -0.3 is 20.7 Å². The Morgan fingerprint density at radius 2 is 1.97 bits per heavy atom. The molecule has 31 heavy (non-hydrogen) atoms. The van der Waals surface area contributed by atoms with Crippen LogP contribution < -0.4 is 16.0 Å². The molecule has 1 aromatic heterocycles. The lowest BCUT2D eigenvalue weighted by Crippen LogP contribution is -2.38. The van der Waals surface area contributed by atoms with Crippen molar-refractivity contribution in [2.24, 2.45) is 0 Å². The molecule has 1 aliphatic heterocycles. The summed E-state index contributed by atoms with van der Waals surface area (Å²) < 4.78 is 19.7. The zero-order valence-electron chi connectivity index (χ0n) is 18.3. The maximum Gasteiger partial charge on any atom is 0.252 e. The highest BCUT2D eigenvalue weighted by Gasteiger charge is 2.35. The van der Waals surface area contributed by atoms with Gasteiger partial charge in [-0.1, -0.05) is 6.07 Å². The van der Waals surface area contributed by atoms with Crippen LogP contribution >= 0.6 is 0 Å². The van der Waals surface area contributed by atoms with E-state index in [0.29, 0.717) is 29.7 Å². The summed E-state index contributed by atoms with van der Waals surface area (Å²) in [6, 6.07) is 6.09. The molecule has 1 aromatic carbocycles. The van der Waals surface area contributed by atoms with E-state index in [1.165, 1.54) is 6.20 Å². The fourth-order valence-corrected chi connectivity index (χ4v) is 4.45. The third-order valence-corrected chi connectivity index (χ3v) is 6.18. The van der Waals surface area contributed by atoms with Crippen molar-refractivity contribution in [1.82, 2.24) is 20.6 Å². The zero-order valence-corrected chi connectivity index (χ0v) is 18.3. The molecule has 166 valence electrons. The molecular weight excluding hydrogens is 397 g/mol. The first kappa shape index (κ1) is 21.6. The Balaban J connectivity index is 1.46. The molecule has 2 aromatic rings. The van der Waals surface area contributed by atoms with Crippen LogP contribution in [-0.2, 0) is 10.3 Å². The Morgan fingerprint density at radius 1 is 1.23 bits per heavy atom. The van der Waals surface area contributed by atoms with E-state index in [1.54, 1.807) is 19.2 Å². The molecule has 4 rings (SSSR count). The highest BCUT2D eigenvalue weighted by Crippen LogP contribution is 2.34. The van der Waals surface area contributed by atoms with Crippen molar-refractivity contribution >= 4 is 11.9 Å². The summed E-state index contributed by atoms with van der Waals surface area (Å²) in [6.07, 6.45) is 5.35. The average Bonchev–Trinajstić information content (AvgIpc) is 2.99. The number of ether oxygens (including phenoxy) is 1. The summed E-state index contributed by atoms with van der Waals surface area (Å²) in [7, 11) is 1.71. The second-order valence-corrected chi connectivity index (χ2v) is 8.87. The molecule has 0 bridgehead atoms. The number of halogens is 1. The summed E-state index contributed by atoms with van der Waals surface area (Å²) in [6.45, 7) is 5.45. The molecule has 1 fully saturated rings. The van der Waals surface area contributed by atoms with Gasteiger partial charge in [0.25, 0.3) is 5.91 Å². The first-order valence-corrected chi connectivity index (χ1v) is 10.9. The van der Waals surface area contributed by atoms with E-state index in [0.717, 1.165) is 37.8 Å². The summed E-state index contributed by atoms with van der Waals surface area (Å²) in [4.78, 5) is 20.8. The molecule has 1 aliphatic carbocycles. The van der Waals surface area contributed by atoms with Crippen LogP contribution in [0.4, 0.5) is 10.3 Å². The second kappa shape index (κ2) is 8.88. The van der Waals surface area contributed by atoms with Gasteiger partial charge in [-0.2, -0.15) is 0 Å². The molecule has 2 heterocycles. The predicted molar refractivity (Wildman–Crippen MR) is 117 cm³/mol. The lowest BCUT2D eigenvalue weighted by molar-refractivity contribution is 0.0940. The summed E-state index contributed by atoms with van der Waals surface area (Å²) in [5, 5.41) is 9.83. The van der Waals surface area contributed by atoms with Crippen LogP contribution in [0.25, 0.3) is 11.3 Å². The van der Waals surface area contributed by atoms with Crippen LogP contribution in [0.2, 0.25) is 0 Å². The van der Waals surface area contributed by atoms with Gasteiger partial charge in [-0.05, 0) is 57.2 Å². The predicted octanol–water partition coefficient (Wildman–Crippen LogP) is 3.22. The SMILES string of the molecule is COCCNC1CCC(Nc2ncc(F)c(-c3ccc4c(c3)C(C)(C)NC4=O)n2)CC1. The molecule has 3 N–H and O–H groups in total. The van der Waals surface area contributed by atoms with Crippen LogP contribution in [-0.4, -0.2) is 48.2 Å². The Bertz CT molecular complexity index is 957. The number of methoxy groups -OCH3 is 1. The number of nitrogens with zero attached hydrogens (tertiary/aromatic N) is 2. The lowest BCUT2D eigenvalue weighted by Gasteiger charge is -2.29. The van der Waals surface area contributed by atoms with Gasteiger partial charge in [0.2, 0.25) is 5.95 Å². The number of amides is 1. The maximum atomic E-state index is 14.6. The van der Waals surface area contributed by atoms with Gasteiger partial charge >= 0.3 is 0 Å². The Labute approximate surface area is 182 Å². The number of rotatable bonds is 7. The zero-order chi connectivity index (χ0) is 22.0. The van der Waals surface area contributed by atoms with Crippen molar-refractivity contribution in [3.63, 3.8) is 0 Å². The highest BCUT2D eigenvalue weighted by molar-refractivity contribution is 6.00. The van der Waals surface area contributed by atoms with Gasteiger partial charge in [-0.25, -0.2) is 14.4 Å². The van der Waals surface area contributed by atoms with E-state index in [4.69, 9.17) is 4.74 Å². The van der Waals surface area contributed by atoms with E-state index < -0.39 is 11.4 Å². The van der Waals surface area contributed by atoms with Crippen molar-refractivity contribution in [3.05, 3.63) is 41.3 Å². The largest absolute Gasteiger partial charge is 0.383 e. The van der Waals surface area contributed by atoms with E-state index in [-0.39, 0.29) is 17.6 Å². The minimum Gasteiger partial charge on any atom is -0.383 e. The minimum absolute atomic E-state index is 0.107. The van der Waals surface area contributed by atoms with E-state index in [2.05, 4.69) is 25.9 Å². The first-order chi connectivity index (χ1) is 14.9. The molecule has 1 amide bonds. The number of anilines is 1. The molecule has 0 saturated heterocycles. The van der Waals surface area contributed by atoms with Crippen molar-refractivity contribution in [3.8, 4) is 11.3 Å². The van der Waals surface area contributed by atoms with Gasteiger partial charge in [0, 0.05) is 36.9 Å². The van der Waals surface area contributed by atoms with Crippen molar-refractivity contribution in [2.45, 2.75) is 57.2 Å². The van der Waals surface area contributed by atoms with Crippen molar-refractivity contribution in [2.75, 3.05) is 25.6 Å². The smallest absolute Gasteiger partial charge is 0.252 e. The summed E-state index contributed by atoms with van der Waals surface area (Å²) >= 11 is 0. The minimum atomic E-state index is -0.497. The monoisotopic (exact) mass is 427 g/mol. The Morgan fingerprint density at radius 3 is 2.71 bits per heavy atom. The summed E-state index contributed by atoms with van der Waals surface area (Å²) in [5.74, 6) is -0.155. The van der Waals surface area contributed by atoms with Gasteiger partial charge in [-0.3, -0.25) is 4.79 Å². The van der Waals surface area contributed by atoms with Crippen LogP contribution in [0, 0.1) is 5.82 Å². The molecule has 0 unspecified atom stereocenters. The number of carbonyl (C=O) groups is 1. The maximum absolute atomic E-state index is 14.6. The molecule has 1 saturated carbocycles. The van der Waals surface area contributed by atoms with Crippen LogP contribution in [0.1, 0.15) is 55.5 Å². The van der Waals surface area contributed by atoms with E-state index in [1.807, 2.05) is 19.9 Å². The normalized spacial score (nSPS) is 22.1. The van der Waals surface area contributed by atoms with Crippen LogP contribution in [0.5, 0.6) is 0 Å². The second-order valence-electron chi connectivity index (χ2n) is 8.87. The van der Waals surface area contributed by atoms with E-state index in [9.17, 15) is 9.18 Å². The van der Waals surface area contributed by atoms with Crippen LogP contribution in [0.3, 0.4) is 0 Å². The number of benzene rings is 1. The summed E-state index contributed by atoms with van der Waals surface area (Å²) in [5.41, 5.74) is 1.85. The topological polar surface area (TPSA) is 88.2 Å². The standard InChI is InChI=1S/C23H30FN5O2/c1-23(2)18-12-14(4-9-17(18)21(30)29-23)20-19(24)13-26-22(28-20)27-16-7-5-15(6-8-16)25-10-11-31-3/h4,9,12-13,15-16,25H,5-8,10-11H2,1-3H3,(H,29,30)(H,26,27,28). The molecule has 0 radical (unpaired) electrons. The highest BCUT2D eigenvalue weighted by atomic mass is 19.1. The number of hydrogen-bond acceptors (Lipinski definition) is 6. The van der Waals surface area contributed by atoms with Crippen LogP contribution in [0.15, 0.2) is 24.4 Å². The quantitative estimate of drug-likeness (QED) is 0.588. The third kappa shape index (κ3) is 4.70. The fraction of sp³-hybridized carbons (Fsp3) is 0.522. The average molecular weight is 428 g/mol. The van der Waals surface area contributed by atoms with E-state index >= 15 is 0 Å². The lowest BCUT2D eigenvalue weighted by atomic mass is 9.91. The van der Waals surface area contributed by atoms with Gasteiger partial charge in [0.15, 0.2) is 5.82 Å². The Kier molecular flexibility index (Phi) is 6.20. The van der Waals surface area contributed by atoms with Gasteiger partial charge in [0.05, 0.1) is 18.3 Å². The number of fused-ring (bicyclic) bond motifs is 1. The molecule has 8 heteroatoms. The number of aromatic nitrogens is 2. The van der Waals surface area contributed by atoms with Gasteiger partial charge in [0.1, 0.15) is 5.69 Å². The number of hydrogen-bond donors (Lipinski definition) is 3. The molecule has 0 atom stereocenters.